The zero-order valence-electron chi connectivity index (χ0n) is 7.34. The van der Waals surface area contributed by atoms with Crippen molar-refractivity contribution >= 4 is 17.9 Å². The Morgan fingerprint density at radius 3 is 2.17 bits per heavy atom. The van der Waals surface area contributed by atoms with Crippen LogP contribution in [0.5, 0.6) is 0 Å². The summed E-state index contributed by atoms with van der Waals surface area (Å²) in [5.74, 6) is 0. The van der Waals surface area contributed by atoms with Crippen LogP contribution in [0.4, 0.5) is 0 Å². The van der Waals surface area contributed by atoms with Crippen molar-refractivity contribution in [3.05, 3.63) is 0 Å². The van der Waals surface area contributed by atoms with E-state index in [4.69, 9.17) is 7.85 Å². The standard InChI is InChI=1S/C7H14BNO2S/c1-9-12(10,11)7(8)5-3-2-4-6-7/h9H,2-6H2,1H3. The van der Waals surface area contributed by atoms with Crippen LogP contribution in [0, 0.1) is 0 Å². The van der Waals surface area contributed by atoms with Crippen LogP contribution in [0.3, 0.4) is 0 Å². The van der Waals surface area contributed by atoms with Crippen LogP contribution in [-0.2, 0) is 10.0 Å². The van der Waals surface area contributed by atoms with E-state index >= 15 is 0 Å². The van der Waals surface area contributed by atoms with E-state index in [1.165, 1.54) is 7.05 Å². The van der Waals surface area contributed by atoms with E-state index in [1.807, 2.05) is 0 Å². The second-order valence-electron chi connectivity index (χ2n) is 3.33. The summed E-state index contributed by atoms with van der Waals surface area (Å²) in [5.41, 5.74) is 0. The molecule has 1 aliphatic rings. The number of sulfonamides is 1. The molecule has 0 aromatic rings. The minimum Gasteiger partial charge on any atom is -0.219 e. The van der Waals surface area contributed by atoms with Crippen LogP contribution in [0.2, 0.25) is 0 Å². The Labute approximate surface area is 75.4 Å². The van der Waals surface area contributed by atoms with Crippen LogP contribution in [0.15, 0.2) is 0 Å². The number of hydrogen-bond acceptors (Lipinski definition) is 2. The molecule has 12 heavy (non-hydrogen) atoms. The van der Waals surface area contributed by atoms with Gasteiger partial charge in [0.05, 0.1) is 7.85 Å². The molecular formula is C7H14BNO2S. The fraction of sp³-hybridized carbons (Fsp3) is 1.00. The summed E-state index contributed by atoms with van der Waals surface area (Å²) in [5, 5.41) is 0. The van der Waals surface area contributed by atoms with Gasteiger partial charge in [0.1, 0.15) is 0 Å². The van der Waals surface area contributed by atoms with Crippen LogP contribution in [0.1, 0.15) is 32.1 Å². The maximum Gasteiger partial charge on any atom is 0.208 e. The van der Waals surface area contributed by atoms with Gasteiger partial charge in [-0.1, -0.05) is 19.3 Å². The molecule has 0 atom stereocenters. The van der Waals surface area contributed by atoms with Gasteiger partial charge in [0.2, 0.25) is 10.0 Å². The first-order valence-corrected chi connectivity index (χ1v) is 5.72. The highest BCUT2D eigenvalue weighted by Gasteiger charge is 2.38. The maximum absolute atomic E-state index is 11.4. The molecule has 1 N–H and O–H groups in total. The summed E-state index contributed by atoms with van der Waals surface area (Å²) in [6.07, 6.45) is 4.08. The predicted octanol–water partition coefficient (Wildman–Crippen LogP) is 0.364. The van der Waals surface area contributed by atoms with Gasteiger partial charge in [0, 0.05) is 4.65 Å². The van der Waals surface area contributed by atoms with Gasteiger partial charge in [-0.05, 0) is 19.9 Å². The summed E-state index contributed by atoms with van der Waals surface area (Å²) >= 11 is 0. The third kappa shape index (κ3) is 1.66. The molecule has 5 heteroatoms. The molecule has 0 aromatic carbocycles. The number of hydrogen-bond donors (Lipinski definition) is 1. The molecule has 0 aromatic heterocycles. The predicted molar refractivity (Wildman–Crippen MR) is 49.5 cm³/mol. The van der Waals surface area contributed by atoms with Gasteiger partial charge >= 0.3 is 0 Å². The van der Waals surface area contributed by atoms with E-state index in [-0.39, 0.29) is 0 Å². The molecule has 0 unspecified atom stereocenters. The van der Waals surface area contributed by atoms with Gasteiger partial charge in [-0.25, -0.2) is 13.1 Å². The largest absolute Gasteiger partial charge is 0.219 e. The highest BCUT2D eigenvalue weighted by Crippen LogP contribution is 2.31. The molecule has 0 heterocycles. The topological polar surface area (TPSA) is 46.2 Å². The van der Waals surface area contributed by atoms with Gasteiger partial charge in [0.25, 0.3) is 0 Å². The lowest BCUT2D eigenvalue weighted by atomic mass is 9.74. The van der Waals surface area contributed by atoms with E-state index in [2.05, 4.69) is 4.72 Å². The molecule has 2 radical (unpaired) electrons. The molecule has 0 spiro atoms. The number of nitrogens with one attached hydrogen (secondary N) is 1. The molecule has 1 rings (SSSR count). The number of rotatable bonds is 2. The average Bonchev–Trinajstić information content (AvgIpc) is 2.06. The molecule has 68 valence electrons. The van der Waals surface area contributed by atoms with E-state index in [0.29, 0.717) is 12.8 Å². The van der Waals surface area contributed by atoms with Gasteiger partial charge in [-0.3, -0.25) is 0 Å². The monoisotopic (exact) mass is 187 g/mol. The van der Waals surface area contributed by atoms with Crippen molar-refractivity contribution in [1.82, 2.24) is 4.72 Å². The van der Waals surface area contributed by atoms with Crippen molar-refractivity contribution in [2.24, 2.45) is 0 Å². The van der Waals surface area contributed by atoms with Gasteiger partial charge in [-0.2, -0.15) is 0 Å². The average molecular weight is 187 g/mol. The molecule has 1 saturated carbocycles. The molecular weight excluding hydrogens is 173 g/mol. The van der Waals surface area contributed by atoms with Gasteiger partial charge < -0.3 is 0 Å². The molecule has 1 aliphatic carbocycles. The van der Waals surface area contributed by atoms with E-state index in [9.17, 15) is 8.42 Å². The lowest BCUT2D eigenvalue weighted by molar-refractivity contribution is 0.450. The summed E-state index contributed by atoms with van der Waals surface area (Å²) in [6, 6.07) is 0. The minimum absolute atomic E-state index is 0.580. The van der Waals surface area contributed by atoms with Crippen molar-refractivity contribution in [3.8, 4) is 0 Å². The van der Waals surface area contributed by atoms with E-state index < -0.39 is 14.7 Å². The summed E-state index contributed by atoms with van der Waals surface area (Å²) in [4.78, 5) is 0. The Morgan fingerprint density at radius 1 is 1.25 bits per heavy atom. The first-order chi connectivity index (χ1) is 5.52. The van der Waals surface area contributed by atoms with E-state index in [0.717, 1.165) is 19.3 Å². The zero-order chi connectivity index (χ0) is 9.24. The Kier molecular flexibility index (Phi) is 2.83. The Bertz CT molecular complexity index is 244. The maximum atomic E-state index is 11.4. The van der Waals surface area contributed by atoms with Crippen LogP contribution in [0.25, 0.3) is 0 Å². The first kappa shape index (κ1) is 10.1. The lowest BCUT2D eigenvalue weighted by Gasteiger charge is -2.32. The van der Waals surface area contributed by atoms with Crippen molar-refractivity contribution in [3.63, 3.8) is 0 Å². The summed E-state index contributed by atoms with van der Waals surface area (Å²) in [6.45, 7) is 0. The van der Waals surface area contributed by atoms with Crippen molar-refractivity contribution in [2.45, 2.75) is 36.8 Å². The summed E-state index contributed by atoms with van der Waals surface area (Å²) < 4.78 is 24.2. The van der Waals surface area contributed by atoms with Crippen LogP contribution < -0.4 is 4.72 Å². The Hall–Kier alpha value is -0.0251. The molecule has 0 aliphatic heterocycles. The first-order valence-electron chi connectivity index (χ1n) is 4.24. The van der Waals surface area contributed by atoms with Crippen molar-refractivity contribution in [2.75, 3.05) is 7.05 Å². The van der Waals surface area contributed by atoms with E-state index in [1.54, 1.807) is 0 Å². The molecule has 0 bridgehead atoms. The quantitative estimate of drug-likeness (QED) is 0.634. The molecule has 0 saturated heterocycles. The minimum atomic E-state index is -3.29. The summed E-state index contributed by atoms with van der Waals surface area (Å²) in [7, 11) is 3.92. The smallest absolute Gasteiger partial charge is 0.208 e. The zero-order valence-corrected chi connectivity index (χ0v) is 8.15. The third-order valence-corrected chi connectivity index (χ3v) is 4.52. The lowest BCUT2D eigenvalue weighted by Crippen LogP contribution is -2.46. The Balaban J connectivity index is 2.83. The normalized spacial score (nSPS) is 23.8. The van der Waals surface area contributed by atoms with Crippen LogP contribution >= 0.6 is 0 Å². The van der Waals surface area contributed by atoms with Crippen molar-refractivity contribution in [1.29, 1.82) is 0 Å². The van der Waals surface area contributed by atoms with Crippen molar-refractivity contribution < 1.29 is 8.42 Å². The second kappa shape index (κ2) is 3.38. The highest BCUT2D eigenvalue weighted by molar-refractivity contribution is 7.92. The molecule has 3 nitrogen and oxygen atoms in total. The fourth-order valence-corrected chi connectivity index (χ4v) is 2.85. The SMILES string of the molecule is [B]C1(S(=O)(=O)NC)CCCCC1. The fourth-order valence-electron chi connectivity index (χ4n) is 1.62. The highest BCUT2D eigenvalue weighted by atomic mass is 32.2. The second-order valence-corrected chi connectivity index (χ2v) is 5.56. The molecule has 1 fully saturated rings. The Morgan fingerprint density at radius 2 is 1.75 bits per heavy atom. The third-order valence-electron chi connectivity index (χ3n) is 2.50. The van der Waals surface area contributed by atoms with Gasteiger partial charge in [-0.15, -0.1) is 0 Å². The van der Waals surface area contributed by atoms with Crippen LogP contribution in [-0.4, -0.2) is 28.0 Å². The van der Waals surface area contributed by atoms with Gasteiger partial charge in [0.15, 0.2) is 0 Å². The molecule has 0 amide bonds.